The van der Waals surface area contributed by atoms with E-state index in [4.69, 9.17) is 19.3 Å². The van der Waals surface area contributed by atoms with Gasteiger partial charge < -0.3 is 24.6 Å². The summed E-state index contributed by atoms with van der Waals surface area (Å²) in [6.07, 6.45) is 0.807. The van der Waals surface area contributed by atoms with Crippen LogP contribution in [-0.2, 0) is 14.3 Å². The molecule has 1 aliphatic carbocycles. The molecule has 1 fully saturated rings. The van der Waals surface area contributed by atoms with Crippen LogP contribution in [0.15, 0.2) is 18.2 Å². The minimum absolute atomic E-state index is 0.0242. The fourth-order valence-corrected chi connectivity index (χ4v) is 2.68. The van der Waals surface area contributed by atoms with E-state index in [2.05, 4.69) is 5.32 Å². The molecule has 7 nitrogen and oxygen atoms in total. The Morgan fingerprint density at radius 2 is 2.04 bits per heavy atom. The number of nitrogens with one attached hydrogen (secondary N) is 1. The molecule has 1 aromatic carbocycles. The third-order valence-corrected chi connectivity index (χ3v) is 3.89. The lowest BCUT2D eigenvalue weighted by Crippen LogP contribution is -2.29. The summed E-state index contributed by atoms with van der Waals surface area (Å²) in [5.74, 6) is 0.600. The second-order valence-electron chi connectivity index (χ2n) is 5.59. The quantitative estimate of drug-likeness (QED) is 0.721. The molecule has 2 unspecified atom stereocenters. The van der Waals surface area contributed by atoms with Crippen LogP contribution in [-0.4, -0.2) is 50.0 Å². The first-order valence-electron chi connectivity index (χ1n) is 7.62. The zero-order chi connectivity index (χ0) is 16.2. The van der Waals surface area contributed by atoms with E-state index in [9.17, 15) is 9.59 Å². The predicted molar refractivity (Wildman–Crippen MR) is 79.7 cm³/mol. The lowest BCUT2D eigenvalue weighted by molar-refractivity contribution is -0.142. The Labute approximate surface area is 133 Å². The molecule has 3 rings (SSSR count). The van der Waals surface area contributed by atoms with Crippen LogP contribution >= 0.6 is 0 Å². The first-order valence-corrected chi connectivity index (χ1v) is 7.62. The molecule has 2 aliphatic rings. The van der Waals surface area contributed by atoms with Gasteiger partial charge in [0.1, 0.15) is 19.8 Å². The van der Waals surface area contributed by atoms with Gasteiger partial charge in [-0.15, -0.1) is 0 Å². The molecule has 0 spiro atoms. The molecule has 7 heteroatoms. The summed E-state index contributed by atoms with van der Waals surface area (Å²) >= 11 is 0. The Balaban J connectivity index is 1.45. The Kier molecular flexibility index (Phi) is 4.66. The van der Waals surface area contributed by atoms with E-state index in [1.807, 2.05) is 18.2 Å². The third kappa shape index (κ3) is 3.92. The number of aliphatic carboxylic acids is 1. The second kappa shape index (κ2) is 6.87. The Bertz CT molecular complexity index is 602. The molecule has 1 heterocycles. The normalized spacial score (nSPS) is 21.6. The monoisotopic (exact) mass is 321 g/mol. The summed E-state index contributed by atoms with van der Waals surface area (Å²) in [6, 6.07) is 5.81. The summed E-state index contributed by atoms with van der Waals surface area (Å²) in [6.45, 7) is 1.27. The topological polar surface area (TPSA) is 94.1 Å². The number of carbonyl (C=O) groups excluding carboxylic acids is 1. The van der Waals surface area contributed by atoms with Crippen molar-refractivity contribution < 1.29 is 28.9 Å². The Morgan fingerprint density at radius 1 is 1.26 bits per heavy atom. The molecule has 0 bridgehead atoms. The molecular weight excluding hydrogens is 302 g/mol. The summed E-state index contributed by atoms with van der Waals surface area (Å²) < 4.78 is 15.9. The van der Waals surface area contributed by atoms with Crippen molar-refractivity contribution in [1.82, 2.24) is 5.32 Å². The summed E-state index contributed by atoms with van der Waals surface area (Å²) in [4.78, 5) is 22.3. The van der Waals surface area contributed by atoms with Gasteiger partial charge in [-0.2, -0.15) is 0 Å². The van der Waals surface area contributed by atoms with E-state index < -0.39 is 5.97 Å². The number of carbonyl (C=O) groups is 2. The van der Waals surface area contributed by atoms with Gasteiger partial charge in [0.25, 0.3) is 0 Å². The third-order valence-electron chi connectivity index (χ3n) is 3.89. The highest BCUT2D eigenvalue weighted by molar-refractivity contribution is 5.83. The first-order chi connectivity index (χ1) is 11.1. The van der Waals surface area contributed by atoms with E-state index in [0.29, 0.717) is 19.8 Å². The van der Waals surface area contributed by atoms with Crippen LogP contribution in [0.5, 0.6) is 11.5 Å². The smallest absolute Gasteiger partial charge is 0.329 e. The van der Waals surface area contributed by atoms with Gasteiger partial charge in [-0.05, 0) is 30.0 Å². The van der Waals surface area contributed by atoms with Gasteiger partial charge >= 0.3 is 5.97 Å². The lowest BCUT2D eigenvalue weighted by atomic mass is 10.1. The minimum atomic E-state index is -1.02. The Morgan fingerprint density at radius 3 is 2.83 bits per heavy atom. The largest absolute Gasteiger partial charge is 0.486 e. The molecule has 0 saturated heterocycles. The van der Waals surface area contributed by atoms with Crippen LogP contribution in [0.25, 0.3) is 0 Å². The SMILES string of the molecule is O=C(O)COCCNC(=O)C1CC1c1ccc2c(c1)OCCO2. The number of carboxylic acid groups (broad SMARTS) is 1. The van der Waals surface area contributed by atoms with Crippen molar-refractivity contribution in [3.63, 3.8) is 0 Å². The van der Waals surface area contributed by atoms with Gasteiger partial charge in [0.2, 0.25) is 5.91 Å². The average molecular weight is 321 g/mol. The number of amides is 1. The number of fused-ring (bicyclic) bond motifs is 1. The maximum absolute atomic E-state index is 12.0. The number of rotatable bonds is 7. The van der Waals surface area contributed by atoms with Crippen LogP contribution in [0.4, 0.5) is 0 Å². The molecule has 23 heavy (non-hydrogen) atoms. The summed E-state index contributed by atoms with van der Waals surface area (Å²) in [7, 11) is 0. The van der Waals surface area contributed by atoms with Crippen molar-refractivity contribution in [2.24, 2.45) is 5.92 Å². The van der Waals surface area contributed by atoms with Gasteiger partial charge in [-0.1, -0.05) is 6.07 Å². The number of ether oxygens (including phenoxy) is 3. The second-order valence-corrected chi connectivity index (χ2v) is 5.59. The molecule has 1 aliphatic heterocycles. The first kappa shape index (κ1) is 15.6. The van der Waals surface area contributed by atoms with E-state index in [1.54, 1.807) is 0 Å². The molecule has 2 atom stereocenters. The van der Waals surface area contributed by atoms with E-state index >= 15 is 0 Å². The molecule has 0 aromatic heterocycles. The van der Waals surface area contributed by atoms with Gasteiger partial charge in [0.15, 0.2) is 11.5 Å². The van der Waals surface area contributed by atoms with Crippen LogP contribution in [0.1, 0.15) is 17.9 Å². The highest BCUT2D eigenvalue weighted by atomic mass is 16.6. The maximum Gasteiger partial charge on any atom is 0.329 e. The van der Waals surface area contributed by atoms with Crippen LogP contribution < -0.4 is 14.8 Å². The van der Waals surface area contributed by atoms with Crippen molar-refractivity contribution in [2.75, 3.05) is 33.0 Å². The van der Waals surface area contributed by atoms with Crippen LogP contribution in [0, 0.1) is 5.92 Å². The molecule has 1 saturated carbocycles. The highest BCUT2D eigenvalue weighted by Crippen LogP contribution is 2.49. The zero-order valence-corrected chi connectivity index (χ0v) is 12.6. The van der Waals surface area contributed by atoms with Crippen molar-refractivity contribution >= 4 is 11.9 Å². The van der Waals surface area contributed by atoms with Crippen molar-refractivity contribution in [3.05, 3.63) is 23.8 Å². The number of hydrogen-bond acceptors (Lipinski definition) is 5. The van der Waals surface area contributed by atoms with Crippen LogP contribution in [0.3, 0.4) is 0 Å². The van der Waals surface area contributed by atoms with Crippen LogP contribution in [0.2, 0.25) is 0 Å². The number of benzene rings is 1. The maximum atomic E-state index is 12.0. The fourth-order valence-electron chi connectivity index (χ4n) is 2.68. The van der Waals surface area contributed by atoms with Crippen molar-refractivity contribution in [1.29, 1.82) is 0 Å². The van der Waals surface area contributed by atoms with E-state index in [1.165, 1.54) is 0 Å². The zero-order valence-electron chi connectivity index (χ0n) is 12.6. The van der Waals surface area contributed by atoms with Gasteiger partial charge in [0, 0.05) is 12.5 Å². The van der Waals surface area contributed by atoms with Crippen molar-refractivity contribution in [3.8, 4) is 11.5 Å². The van der Waals surface area contributed by atoms with Crippen molar-refractivity contribution in [2.45, 2.75) is 12.3 Å². The molecule has 1 aromatic rings. The molecule has 0 radical (unpaired) electrons. The lowest BCUT2D eigenvalue weighted by Gasteiger charge is -2.18. The van der Waals surface area contributed by atoms with Gasteiger partial charge in [-0.25, -0.2) is 4.79 Å². The fraction of sp³-hybridized carbons (Fsp3) is 0.500. The van der Waals surface area contributed by atoms with Gasteiger partial charge in [-0.3, -0.25) is 4.79 Å². The summed E-state index contributed by atoms with van der Waals surface area (Å²) in [5.41, 5.74) is 1.08. The van der Waals surface area contributed by atoms with E-state index in [0.717, 1.165) is 23.5 Å². The standard InChI is InChI=1S/C16H19NO6/c18-15(19)9-21-4-3-17-16(20)12-8-11(12)10-1-2-13-14(7-10)23-6-5-22-13/h1-2,7,11-12H,3-6,8-9H2,(H,17,20)(H,18,19). The minimum Gasteiger partial charge on any atom is -0.486 e. The predicted octanol–water partition coefficient (Wildman–Crippen LogP) is 0.779. The summed E-state index contributed by atoms with van der Waals surface area (Å²) in [5, 5.41) is 11.2. The number of carboxylic acids is 1. The molecule has 124 valence electrons. The molecule has 2 N–H and O–H groups in total. The highest BCUT2D eigenvalue weighted by Gasteiger charge is 2.44. The van der Waals surface area contributed by atoms with Gasteiger partial charge in [0.05, 0.1) is 6.61 Å². The number of hydrogen-bond donors (Lipinski definition) is 2. The Hall–Kier alpha value is -2.28. The molecular formula is C16H19NO6. The molecule has 1 amide bonds. The average Bonchev–Trinajstić information content (AvgIpc) is 3.34. The van der Waals surface area contributed by atoms with E-state index in [-0.39, 0.29) is 31.0 Å².